The fraction of sp³-hybridized carbons (Fsp3) is 0.500. The number of benzene rings is 1. The number of piperidine rings is 1. The minimum atomic E-state index is 0.0922. The number of nitrogens with one attached hydrogen (secondary N) is 2. The average molecular weight is 242 g/mol. The van der Waals surface area contributed by atoms with Crippen LogP contribution in [0.4, 0.5) is 5.69 Å². The van der Waals surface area contributed by atoms with Gasteiger partial charge >= 0.3 is 0 Å². The number of rotatable bonds is 0. The summed E-state index contributed by atoms with van der Waals surface area (Å²) in [5.41, 5.74) is 2.60. The molecule has 0 atom stereocenters. The fourth-order valence-electron chi connectivity index (χ4n) is 3.43. The predicted molar refractivity (Wildman–Crippen MR) is 73.0 cm³/mol. The van der Waals surface area contributed by atoms with Crippen LogP contribution in [0.2, 0.25) is 0 Å². The minimum absolute atomic E-state index is 0.0922. The molecule has 3 aliphatic rings. The van der Waals surface area contributed by atoms with E-state index in [0.717, 1.165) is 39.0 Å². The second-order valence-corrected chi connectivity index (χ2v) is 5.31. The first-order valence-corrected chi connectivity index (χ1v) is 6.79. The first kappa shape index (κ1) is 10.4. The Morgan fingerprint density at radius 3 is 2.89 bits per heavy atom. The standard InChI is InChI=1S/C14H18N4/c1-2-4-12-11(3-1)13-16-9-10-18(13)14(17-12)5-7-15-8-6-14/h1-4,15,17H,5-10H2. The second kappa shape index (κ2) is 3.72. The van der Waals surface area contributed by atoms with Crippen LogP contribution in [-0.4, -0.2) is 42.6 Å². The van der Waals surface area contributed by atoms with Crippen molar-refractivity contribution in [1.82, 2.24) is 10.2 Å². The van der Waals surface area contributed by atoms with Crippen LogP contribution in [0.1, 0.15) is 18.4 Å². The number of fused-ring (bicyclic) bond motifs is 4. The number of nitrogens with zero attached hydrogens (tertiary/aromatic N) is 2. The van der Waals surface area contributed by atoms with Gasteiger partial charge in [-0.25, -0.2) is 0 Å². The first-order chi connectivity index (χ1) is 8.89. The van der Waals surface area contributed by atoms with Gasteiger partial charge in [-0.05, 0) is 25.2 Å². The molecule has 0 aromatic heterocycles. The molecule has 3 heterocycles. The van der Waals surface area contributed by atoms with Gasteiger partial charge in [0.25, 0.3) is 0 Å². The molecule has 0 amide bonds. The van der Waals surface area contributed by atoms with Crippen molar-refractivity contribution in [2.45, 2.75) is 18.5 Å². The van der Waals surface area contributed by atoms with E-state index < -0.39 is 0 Å². The minimum Gasteiger partial charge on any atom is -0.362 e. The number of aliphatic imine (C=N–C) groups is 1. The van der Waals surface area contributed by atoms with Gasteiger partial charge in [0.05, 0.1) is 6.54 Å². The maximum atomic E-state index is 4.73. The average Bonchev–Trinajstić information content (AvgIpc) is 2.90. The van der Waals surface area contributed by atoms with Crippen LogP contribution in [0, 0.1) is 0 Å². The van der Waals surface area contributed by atoms with Gasteiger partial charge in [-0.2, -0.15) is 0 Å². The summed E-state index contributed by atoms with van der Waals surface area (Å²) in [6, 6.07) is 8.55. The van der Waals surface area contributed by atoms with E-state index in [0.29, 0.717) is 0 Å². The van der Waals surface area contributed by atoms with Crippen molar-refractivity contribution in [2.75, 3.05) is 31.5 Å². The summed E-state index contributed by atoms with van der Waals surface area (Å²) < 4.78 is 0. The molecule has 3 aliphatic heterocycles. The third-order valence-electron chi connectivity index (χ3n) is 4.32. The molecule has 1 aromatic rings. The molecule has 0 saturated carbocycles. The highest BCUT2D eigenvalue weighted by Crippen LogP contribution is 2.37. The van der Waals surface area contributed by atoms with E-state index in [1.807, 2.05) is 0 Å². The number of para-hydroxylation sites is 1. The van der Waals surface area contributed by atoms with E-state index in [4.69, 9.17) is 4.99 Å². The Hall–Kier alpha value is -1.55. The zero-order valence-electron chi connectivity index (χ0n) is 10.4. The summed E-state index contributed by atoms with van der Waals surface area (Å²) in [6.45, 7) is 4.15. The highest BCUT2D eigenvalue weighted by Gasteiger charge is 2.45. The Labute approximate surface area is 107 Å². The van der Waals surface area contributed by atoms with E-state index in [9.17, 15) is 0 Å². The molecule has 0 aliphatic carbocycles. The molecule has 4 nitrogen and oxygen atoms in total. The fourth-order valence-corrected chi connectivity index (χ4v) is 3.43. The van der Waals surface area contributed by atoms with E-state index >= 15 is 0 Å². The molecule has 1 aromatic carbocycles. The van der Waals surface area contributed by atoms with E-state index in [1.54, 1.807) is 0 Å². The molecule has 4 rings (SSSR count). The van der Waals surface area contributed by atoms with Crippen molar-refractivity contribution in [3.63, 3.8) is 0 Å². The molecular formula is C14H18N4. The quantitative estimate of drug-likeness (QED) is 0.719. The van der Waals surface area contributed by atoms with Crippen LogP contribution in [0.15, 0.2) is 29.3 Å². The number of hydrogen-bond acceptors (Lipinski definition) is 4. The lowest BCUT2D eigenvalue weighted by Gasteiger charge is -2.50. The van der Waals surface area contributed by atoms with Crippen molar-refractivity contribution < 1.29 is 0 Å². The van der Waals surface area contributed by atoms with Gasteiger partial charge in [-0.15, -0.1) is 0 Å². The van der Waals surface area contributed by atoms with Crippen LogP contribution in [0.5, 0.6) is 0 Å². The van der Waals surface area contributed by atoms with Crippen LogP contribution < -0.4 is 10.6 Å². The van der Waals surface area contributed by atoms with E-state index in [2.05, 4.69) is 39.8 Å². The van der Waals surface area contributed by atoms with Crippen molar-refractivity contribution in [3.05, 3.63) is 29.8 Å². The molecule has 0 bridgehead atoms. The maximum absolute atomic E-state index is 4.73. The number of hydrogen-bond donors (Lipinski definition) is 2. The lowest BCUT2D eigenvalue weighted by atomic mass is 9.91. The van der Waals surface area contributed by atoms with Gasteiger partial charge in [0.1, 0.15) is 11.5 Å². The lowest BCUT2D eigenvalue weighted by molar-refractivity contribution is 0.163. The lowest BCUT2D eigenvalue weighted by Crippen LogP contribution is -2.62. The van der Waals surface area contributed by atoms with Gasteiger partial charge < -0.3 is 15.5 Å². The summed E-state index contributed by atoms with van der Waals surface area (Å²) in [6.07, 6.45) is 2.28. The molecular weight excluding hydrogens is 224 g/mol. The molecule has 18 heavy (non-hydrogen) atoms. The topological polar surface area (TPSA) is 39.7 Å². The third-order valence-corrected chi connectivity index (χ3v) is 4.32. The monoisotopic (exact) mass is 242 g/mol. The molecule has 1 spiro atoms. The van der Waals surface area contributed by atoms with Crippen LogP contribution in [0.25, 0.3) is 0 Å². The summed E-state index contributed by atoms with van der Waals surface area (Å²) in [5.74, 6) is 1.20. The molecule has 4 heteroatoms. The first-order valence-electron chi connectivity index (χ1n) is 6.79. The van der Waals surface area contributed by atoms with E-state index in [-0.39, 0.29) is 5.66 Å². The Kier molecular flexibility index (Phi) is 2.14. The van der Waals surface area contributed by atoms with Crippen LogP contribution in [-0.2, 0) is 0 Å². The Bertz CT molecular complexity index is 502. The zero-order chi connectivity index (χ0) is 12.0. The zero-order valence-corrected chi connectivity index (χ0v) is 10.4. The molecule has 0 unspecified atom stereocenters. The van der Waals surface area contributed by atoms with Crippen LogP contribution >= 0.6 is 0 Å². The van der Waals surface area contributed by atoms with Crippen molar-refractivity contribution in [2.24, 2.45) is 4.99 Å². The molecule has 1 saturated heterocycles. The number of anilines is 1. The van der Waals surface area contributed by atoms with Crippen molar-refractivity contribution in [3.8, 4) is 0 Å². The van der Waals surface area contributed by atoms with Gasteiger partial charge in [-0.3, -0.25) is 4.99 Å². The summed E-state index contributed by atoms with van der Waals surface area (Å²) >= 11 is 0. The van der Waals surface area contributed by atoms with Crippen LogP contribution in [0.3, 0.4) is 0 Å². The predicted octanol–water partition coefficient (Wildman–Crippen LogP) is 1.25. The maximum Gasteiger partial charge on any atom is 0.134 e. The van der Waals surface area contributed by atoms with Gasteiger partial charge in [0, 0.05) is 30.6 Å². The van der Waals surface area contributed by atoms with Crippen molar-refractivity contribution >= 4 is 11.5 Å². The number of amidine groups is 1. The highest BCUT2D eigenvalue weighted by atomic mass is 15.4. The Balaban J connectivity index is 1.83. The Morgan fingerprint density at radius 1 is 1.17 bits per heavy atom. The SMILES string of the molecule is c1ccc2c(c1)NC1(CCNCC1)N1CCN=C21. The summed E-state index contributed by atoms with van der Waals surface area (Å²) in [7, 11) is 0. The molecule has 0 radical (unpaired) electrons. The third kappa shape index (κ3) is 1.32. The van der Waals surface area contributed by atoms with Crippen molar-refractivity contribution in [1.29, 1.82) is 0 Å². The second-order valence-electron chi connectivity index (χ2n) is 5.31. The van der Waals surface area contributed by atoms with Gasteiger partial charge in [0.2, 0.25) is 0 Å². The summed E-state index contributed by atoms with van der Waals surface area (Å²) in [5, 5.41) is 7.24. The normalized spacial score (nSPS) is 24.2. The molecule has 2 N–H and O–H groups in total. The molecule has 1 fully saturated rings. The Morgan fingerprint density at radius 2 is 2.00 bits per heavy atom. The molecule has 94 valence electrons. The van der Waals surface area contributed by atoms with E-state index in [1.165, 1.54) is 17.1 Å². The summed E-state index contributed by atoms with van der Waals surface area (Å²) in [4.78, 5) is 7.23. The van der Waals surface area contributed by atoms with Gasteiger partial charge in [-0.1, -0.05) is 12.1 Å². The van der Waals surface area contributed by atoms with Gasteiger partial charge in [0.15, 0.2) is 0 Å². The highest BCUT2D eigenvalue weighted by molar-refractivity contribution is 6.06. The largest absolute Gasteiger partial charge is 0.362 e. The smallest absolute Gasteiger partial charge is 0.134 e.